The molecule has 0 saturated carbocycles. The smallest absolute Gasteiger partial charge is 0.407 e. The fourth-order valence-electron chi connectivity index (χ4n) is 3.26. The molecule has 0 saturated heterocycles. The Labute approximate surface area is 197 Å². The minimum Gasteiger partial charge on any atom is -0.493 e. The number of hydrogen-bond acceptors (Lipinski definition) is 3. The van der Waals surface area contributed by atoms with Gasteiger partial charge in [0.2, 0.25) is 0 Å². The van der Waals surface area contributed by atoms with Gasteiger partial charge in [0.05, 0.1) is 6.61 Å². The number of nitrogens with one attached hydrogen (secondary N) is 1. The van der Waals surface area contributed by atoms with Crippen molar-refractivity contribution in [3.8, 4) is 16.9 Å². The van der Waals surface area contributed by atoms with E-state index < -0.39 is 5.60 Å². The van der Waals surface area contributed by atoms with Crippen LogP contribution in [0, 0.1) is 0 Å². The fourth-order valence-corrected chi connectivity index (χ4v) is 3.26. The van der Waals surface area contributed by atoms with Crippen LogP contribution in [0.25, 0.3) is 17.2 Å². The van der Waals surface area contributed by atoms with Crippen molar-refractivity contribution in [3.05, 3.63) is 96.1 Å². The summed E-state index contributed by atoms with van der Waals surface area (Å²) < 4.78 is 11.1. The average molecular weight is 444 g/mol. The second-order valence-electron chi connectivity index (χ2n) is 8.85. The zero-order valence-electron chi connectivity index (χ0n) is 19.7. The molecule has 0 radical (unpaired) electrons. The number of benzene rings is 3. The minimum atomic E-state index is -0.481. The molecule has 3 aromatic rings. The molecule has 3 aromatic carbocycles. The van der Waals surface area contributed by atoms with E-state index in [0.717, 1.165) is 24.2 Å². The Balaban J connectivity index is 1.35. The van der Waals surface area contributed by atoms with Crippen LogP contribution >= 0.6 is 0 Å². The lowest BCUT2D eigenvalue weighted by Crippen LogP contribution is -2.33. The zero-order chi connectivity index (χ0) is 23.5. The van der Waals surface area contributed by atoms with Gasteiger partial charge >= 0.3 is 6.09 Å². The van der Waals surface area contributed by atoms with Gasteiger partial charge in [-0.05, 0) is 68.0 Å². The van der Waals surface area contributed by atoms with Gasteiger partial charge in [0.25, 0.3) is 0 Å². The Bertz CT molecular complexity index is 1020. The van der Waals surface area contributed by atoms with Gasteiger partial charge in [-0.15, -0.1) is 0 Å². The van der Waals surface area contributed by atoms with Crippen LogP contribution in [0.4, 0.5) is 4.79 Å². The normalized spacial score (nSPS) is 11.4. The summed E-state index contributed by atoms with van der Waals surface area (Å²) in [6, 6.07) is 26.9. The summed E-state index contributed by atoms with van der Waals surface area (Å²) in [6.07, 6.45) is 5.45. The van der Waals surface area contributed by atoms with E-state index in [1.165, 1.54) is 16.7 Å². The number of amides is 1. The van der Waals surface area contributed by atoms with Crippen LogP contribution in [0.5, 0.6) is 5.75 Å². The van der Waals surface area contributed by atoms with E-state index in [-0.39, 0.29) is 6.09 Å². The Morgan fingerprint density at radius 2 is 1.55 bits per heavy atom. The van der Waals surface area contributed by atoms with Crippen molar-refractivity contribution in [2.75, 3.05) is 13.2 Å². The van der Waals surface area contributed by atoms with Gasteiger partial charge in [-0.25, -0.2) is 4.79 Å². The number of hydrogen-bond donors (Lipinski definition) is 1. The highest BCUT2D eigenvalue weighted by atomic mass is 16.6. The predicted molar refractivity (Wildman–Crippen MR) is 135 cm³/mol. The standard InChI is InChI=1S/C29H33NO3/c1-29(2,3)33-28(31)30-21-20-24-14-18-27(19-15-24)32-22-8-7-9-23-12-16-26(17-13-23)25-10-5-4-6-11-25/h4-7,9-19H,8,20-22H2,1-3H3,(H,30,31)/b9-7+. The van der Waals surface area contributed by atoms with E-state index in [1.807, 2.05) is 51.1 Å². The highest BCUT2D eigenvalue weighted by Gasteiger charge is 2.15. The van der Waals surface area contributed by atoms with Crippen LogP contribution in [-0.2, 0) is 11.2 Å². The molecule has 1 amide bonds. The maximum absolute atomic E-state index is 11.7. The molecule has 1 N–H and O–H groups in total. The van der Waals surface area contributed by atoms with E-state index >= 15 is 0 Å². The molecule has 0 atom stereocenters. The first-order valence-corrected chi connectivity index (χ1v) is 11.4. The summed E-state index contributed by atoms with van der Waals surface area (Å²) in [5.41, 5.74) is 4.29. The predicted octanol–water partition coefficient (Wildman–Crippen LogP) is 6.90. The summed E-state index contributed by atoms with van der Waals surface area (Å²) in [5.74, 6) is 0.847. The molecule has 4 heteroatoms. The van der Waals surface area contributed by atoms with Crippen molar-refractivity contribution in [1.82, 2.24) is 5.32 Å². The van der Waals surface area contributed by atoms with Crippen molar-refractivity contribution in [2.45, 2.75) is 39.2 Å². The van der Waals surface area contributed by atoms with Gasteiger partial charge in [0.1, 0.15) is 11.4 Å². The Morgan fingerprint density at radius 1 is 0.879 bits per heavy atom. The van der Waals surface area contributed by atoms with E-state index in [1.54, 1.807) is 0 Å². The van der Waals surface area contributed by atoms with Crippen LogP contribution in [-0.4, -0.2) is 24.8 Å². The molecule has 3 rings (SSSR count). The van der Waals surface area contributed by atoms with Crippen molar-refractivity contribution in [1.29, 1.82) is 0 Å². The topological polar surface area (TPSA) is 47.6 Å². The first kappa shape index (κ1) is 24.1. The molecule has 0 aliphatic rings. The van der Waals surface area contributed by atoms with Gasteiger partial charge in [-0.3, -0.25) is 0 Å². The van der Waals surface area contributed by atoms with E-state index in [0.29, 0.717) is 13.2 Å². The summed E-state index contributed by atoms with van der Waals surface area (Å²) in [4.78, 5) is 11.7. The maximum Gasteiger partial charge on any atom is 0.407 e. The van der Waals surface area contributed by atoms with Crippen LogP contribution in [0.2, 0.25) is 0 Å². The second kappa shape index (κ2) is 11.9. The quantitative estimate of drug-likeness (QED) is 0.366. The number of carbonyl (C=O) groups excluding carboxylic acids is 1. The molecule has 33 heavy (non-hydrogen) atoms. The molecule has 0 heterocycles. The van der Waals surface area contributed by atoms with Crippen LogP contribution in [0.3, 0.4) is 0 Å². The second-order valence-corrected chi connectivity index (χ2v) is 8.85. The summed E-state index contributed by atoms with van der Waals surface area (Å²) in [6.45, 7) is 6.71. The Hall–Kier alpha value is -3.53. The highest BCUT2D eigenvalue weighted by Crippen LogP contribution is 2.20. The largest absolute Gasteiger partial charge is 0.493 e. The molecule has 0 fully saturated rings. The van der Waals surface area contributed by atoms with Crippen LogP contribution < -0.4 is 10.1 Å². The highest BCUT2D eigenvalue weighted by molar-refractivity contribution is 5.67. The van der Waals surface area contributed by atoms with Crippen LogP contribution in [0.1, 0.15) is 38.3 Å². The lowest BCUT2D eigenvalue weighted by Gasteiger charge is -2.19. The van der Waals surface area contributed by atoms with E-state index in [4.69, 9.17) is 9.47 Å². The lowest BCUT2D eigenvalue weighted by molar-refractivity contribution is 0.0528. The van der Waals surface area contributed by atoms with Crippen LogP contribution in [0.15, 0.2) is 84.9 Å². The molecule has 0 unspecified atom stereocenters. The van der Waals surface area contributed by atoms with Crippen molar-refractivity contribution in [3.63, 3.8) is 0 Å². The fraction of sp³-hybridized carbons (Fsp3) is 0.276. The van der Waals surface area contributed by atoms with Gasteiger partial charge < -0.3 is 14.8 Å². The molecule has 0 aliphatic carbocycles. The molecular weight excluding hydrogens is 410 g/mol. The average Bonchev–Trinajstić information content (AvgIpc) is 2.80. The lowest BCUT2D eigenvalue weighted by atomic mass is 10.0. The molecule has 0 spiro atoms. The summed E-state index contributed by atoms with van der Waals surface area (Å²) in [5, 5.41) is 2.78. The maximum atomic E-state index is 11.7. The Morgan fingerprint density at radius 3 is 2.21 bits per heavy atom. The molecule has 0 aliphatic heterocycles. The van der Waals surface area contributed by atoms with Gasteiger partial charge in [0, 0.05) is 6.54 Å². The number of alkyl carbamates (subject to hydrolysis) is 1. The summed E-state index contributed by atoms with van der Waals surface area (Å²) >= 11 is 0. The number of ether oxygens (including phenoxy) is 2. The molecular formula is C29H33NO3. The van der Waals surface area contributed by atoms with Crippen molar-refractivity contribution < 1.29 is 14.3 Å². The van der Waals surface area contributed by atoms with Crippen molar-refractivity contribution >= 4 is 12.2 Å². The third kappa shape index (κ3) is 8.85. The third-order valence-corrected chi connectivity index (χ3v) is 4.89. The number of carbonyl (C=O) groups is 1. The van der Waals surface area contributed by atoms with Crippen molar-refractivity contribution in [2.24, 2.45) is 0 Å². The minimum absolute atomic E-state index is 0.386. The first-order chi connectivity index (χ1) is 15.9. The summed E-state index contributed by atoms with van der Waals surface area (Å²) in [7, 11) is 0. The first-order valence-electron chi connectivity index (χ1n) is 11.4. The monoisotopic (exact) mass is 443 g/mol. The molecule has 172 valence electrons. The zero-order valence-corrected chi connectivity index (χ0v) is 19.7. The molecule has 4 nitrogen and oxygen atoms in total. The van der Waals surface area contributed by atoms with E-state index in [9.17, 15) is 4.79 Å². The van der Waals surface area contributed by atoms with Gasteiger partial charge in [-0.2, -0.15) is 0 Å². The van der Waals surface area contributed by atoms with Gasteiger partial charge in [0.15, 0.2) is 0 Å². The van der Waals surface area contributed by atoms with Gasteiger partial charge in [-0.1, -0.05) is 78.9 Å². The Kier molecular flexibility index (Phi) is 8.71. The van der Waals surface area contributed by atoms with E-state index in [2.05, 4.69) is 66.0 Å². The molecule has 0 bridgehead atoms. The number of rotatable bonds is 9. The molecule has 0 aromatic heterocycles. The SMILES string of the molecule is CC(C)(C)OC(=O)NCCc1ccc(OCC/C=C/c2ccc(-c3ccccc3)cc2)cc1. The third-order valence-electron chi connectivity index (χ3n) is 4.89.